The molecule has 1 amide bonds. The highest BCUT2D eigenvalue weighted by Gasteiger charge is 2.42. The van der Waals surface area contributed by atoms with Gasteiger partial charge < -0.3 is 10.1 Å². The molecule has 4 rings (SSSR count). The van der Waals surface area contributed by atoms with Gasteiger partial charge in [-0.3, -0.25) is 9.69 Å². The van der Waals surface area contributed by atoms with Crippen LogP contribution >= 0.6 is 11.6 Å². The summed E-state index contributed by atoms with van der Waals surface area (Å²) in [5.41, 5.74) is 0.397. The quantitative estimate of drug-likeness (QED) is 0.889. The maximum absolute atomic E-state index is 14.0. The first-order valence-electron chi connectivity index (χ1n) is 8.32. The van der Waals surface area contributed by atoms with Crippen molar-refractivity contribution in [3.8, 4) is 5.75 Å². The first-order valence-corrected chi connectivity index (χ1v) is 8.70. The van der Waals surface area contributed by atoms with Crippen molar-refractivity contribution >= 4 is 17.5 Å². The second-order valence-electron chi connectivity index (χ2n) is 6.52. The molecule has 1 N–H and O–H groups in total. The van der Waals surface area contributed by atoms with Crippen LogP contribution in [0, 0.1) is 5.82 Å². The zero-order valence-electron chi connectivity index (χ0n) is 13.6. The van der Waals surface area contributed by atoms with Crippen LogP contribution in [0.2, 0.25) is 5.02 Å². The van der Waals surface area contributed by atoms with Crippen molar-refractivity contribution in [3.63, 3.8) is 0 Å². The average molecular weight is 361 g/mol. The SMILES string of the molecule is O=C1NC2(CCN(Cc3c(F)cccc3Cl)CC2)Oc2ccccc21. The van der Waals surface area contributed by atoms with Gasteiger partial charge >= 0.3 is 0 Å². The number of piperidine rings is 1. The minimum Gasteiger partial charge on any atom is -0.467 e. The lowest BCUT2D eigenvalue weighted by atomic mass is 9.96. The zero-order chi connectivity index (χ0) is 17.4. The van der Waals surface area contributed by atoms with Gasteiger partial charge in [-0.15, -0.1) is 0 Å². The predicted octanol–water partition coefficient (Wildman–Crippen LogP) is 3.59. The summed E-state index contributed by atoms with van der Waals surface area (Å²) in [5.74, 6) is 0.230. The number of hydrogen-bond acceptors (Lipinski definition) is 3. The van der Waals surface area contributed by atoms with E-state index in [0.29, 0.717) is 54.4 Å². The normalized spacial score (nSPS) is 19.2. The number of fused-ring (bicyclic) bond motifs is 1. The van der Waals surface area contributed by atoms with E-state index >= 15 is 0 Å². The molecule has 2 heterocycles. The molecule has 1 spiro atoms. The Hall–Kier alpha value is -2.11. The summed E-state index contributed by atoms with van der Waals surface area (Å²) in [6.45, 7) is 1.83. The molecule has 0 saturated carbocycles. The second kappa shape index (κ2) is 6.32. The van der Waals surface area contributed by atoms with Gasteiger partial charge in [0.15, 0.2) is 5.72 Å². The van der Waals surface area contributed by atoms with Gasteiger partial charge in [-0.05, 0) is 24.3 Å². The van der Waals surface area contributed by atoms with Crippen LogP contribution in [0.4, 0.5) is 4.39 Å². The maximum atomic E-state index is 14.0. The third-order valence-electron chi connectivity index (χ3n) is 4.89. The number of nitrogens with zero attached hydrogens (tertiary/aromatic N) is 1. The van der Waals surface area contributed by atoms with E-state index in [9.17, 15) is 9.18 Å². The maximum Gasteiger partial charge on any atom is 0.258 e. The summed E-state index contributed by atoms with van der Waals surface area (Å²) in [6, 6.07) is 12.0. The van der Waals surface area contributed by atoms with Crippen LogP contribution in [0.1, 0.15) is 28.8 Å². The van der Waals surface area contributed by atoms with Crippen molar-refractivity contribution in [2.75, 3.05) is 13.1 Å². The van der Waals surface area contributed by atoms with E-state index < -0.39 is 5.72 Å². The Bertz CT molecular complexity index is 799. The third-order valence-corrected chi connectivity index (χ3v) is 5.24. The van der Waals surface area contributed by atoms with Gasteiger partial charge in [-0.1, -0.05) is 29.8 Å². The summed E-state index contributed by atoms with van der Waals surface area (Å²) in [4.78, 5) is 14.5. The van der Waals surface area contributed by atoms with Crippen LogP contribution in [0.25, 0.3) is 0 Å². The van der Waals surface area contributed by atoms with Crippen LogP contribution in [0.15, 0.2) is 42.5 Å². The molecule has 0 unspecified atom stereocenters. The van der Waals surface area contributed by atoms with E-state index in [1.54, 1.807) is 18.2 Å². The van der Waals surface area contributed by atoms with Gasteiger partial charge in [0.2, 0.25) is 0 Å². The standard InChI is InChI=1S/C19H18ClFN2O2/c20-15-5-3-6-16(21)14(15)12-23-10-8-19(9-11-23)22-18(24)13-4-1-2-7-17(13)25-19/h1-7H,8-12H2,(H,22,24). The molecule has 0 atom stereocenters. The Morgan fingerprint density at radius 3 is 2.68 bits per heavy atom. The third kappa shape index (κ3) is 3.10. The fourth-order valence-electron chi connectivity index (χ4n) is 3.46. The number of likely N-dealkylation sites (tertiary alicyclic amines) is 1. The van der Waals surface area contributed by atoms with Crippen molar-refractivity contribution in [1.82, 2.24) is 10.2 Å². The molecule has 0 aliphatic carbocycles. The largest absolute Gasteiger partial charge is 0.467 e. The van der Waals surface area contributed by atoms with Gasteiger partial charge in [0.05, 0.1) is 5.56 Å². The summed E-state index contributed by atoms with van der Waals surface area (Å²) >= 11 is 6.12. The molecule has 2 aliphatic heterocycles. The summed E-state index contributed by atoms with van der Waals surface area (Å²) in [6.07, 6.45) is 1.28. The van der Waals surface area contributed by atoms with Crippen LogP contribution < -0.4 is 10.1 Å². The topological polar surface area (TPSA) is 41.6 Å². The monoisotopic (exact) mass is 360 g/mol. The number of hydrogen-bond donors (Lipinski definition) is 1. The number of halogens is 2. The minimum absolute atomic E-state index is 0.104. The first-order chi connectivity index (χ1) is 12.1. The number of carbonyl (C=O) groups excluding carboxylic acids is 1. The van der Waals surface area contributed by atoms with Crippen molar-refractivity contribution in [3.05, 3.63) is 64.4 Å². The van der Waals surface area contributed by atoms with E-state index in [0.717, 1.165) is 0 Å². The number of nitrogens with one attached hydrogen (secondary N) is 1. The van der Waals surface area contributed by atoms with E-state index in [-0.39, 0.29) is 11.7 Å². The Balaban J connectivity index is 1.46. The molecule has 1 fully saturated rings. The number of ether oxygens (including phenoxy) is 1. The number of benzene rings is 2. The number of para-hydroxylation sites is 1. The fraction of sp³-hybridized carbons (Fsp3) is 0.316. The van der Waals surface area contributed by atoms with Crippen molar-refractivity contribution < 1.29 is 13.9 Å². The molecular formula is C19H18ClFN2O2. The van der Waals surface area contributed by atoms with Crippen LogP contribution in [-0.4, -0.2) is 29.6 Å². The van der Waals surface area contributed by atoms with Gasteiger partial charge in [-0.2, -0.15) is 0 Å². The summed E-state index contributed by atoms with van der Waals surface area (Å²) in [7, 11) is 0. The lowest BCUT2D eigenvalue weighted by Gasteiger charge is -2.44. The van der Waals surface area contributed by atoms with Crippen LogP contribution in [0.3, 0.4) is 0 Å². The molecule has 0 aromatic heterocycles. The Kier molecular flexibility index (Phi) is 4.13. The first kappa shape index (κ1) is 16.4. The van der Waals surface area contributed by atoms with E-state index in [2.05, 4.69) is 10.2 Å². The zero-order valence-corrected chi connectivity index (χ0v) is 14.4. The van der Waals surface area contributed by atoms with Gasteiger partial charge in [0.1, 0.15) is 11.6 Å². The molecule has 6 heteroatoms. The molecule has 130 valence electrons. The smallest absolute Gasteiger partial charge is 0.258 e. The Labute approximate surface area is 150 Å². The molecule has 2 aromatic rings. The molecule has 4 nitrogen and oxygen atoms in total. The molecule has 2 aliphatic rings. The molecule has 0 bridgehead atoms. The fourth-order valence-corrected chi connectivity index (χ4v) is 3.68. The van der Waals surface area contributed by atoms with Gasteiger partial charge in [-0.25, -0.2) is 4.39 Å². The van der Waals surface area contributed by atoms with Crippen LogP contribution in [0.5, 0.6) is 5.75 Å². The lowest BCUT2D eigenvalue weighted by Crippen LogP contribution is -2.60. The summed E-state index contributed by atoms with van der Waals surface area (Å²) < 4.78 is 20.1. The number of carbonyl (C=O) groups is 1. The highest BCUT2D eigenvalue weighted by molar-refractivity contribution is 6.31. The second-order valence-corrected chi connectivity index (χ2v) is 6.93. The van der Waals surface area contributed by atoms with Crippen LogP contribution in [-0.2, 0) is 6.54 Å². The molecule has 0 radical (unpaired) electrons. The van der Waals surface area contributed by atoms with E-state index in [4.69, 9.17) is 16.3 Å². The minimum atomic E-state index is -0.680. The Morgan fingerprint density at radius 2 is 1.92 bits per heavy atom. The highest BCUT2D eigenvalue weighted by Crippen LogP contribution is 2.34. The summed E-state index contributed by atoms with van der Waals surface area (Å²) in [5, 5.41) is 3.45. The molecular weight excluding hydrogens is 343 g/mol. The lowest BCUT2D eigenvalue weighted by molar-refractivity contribution is -0.0305. The van der Waals surface area contributed by atoms with E-state index in [1.807, 2.05) is 18.2 Å². The predicted molar refractivity (Wildman–Crippen MR) is 93.2 cm³/mol. The van der Waals surface area contributed by atoms with Crippen molar-refractivity contribution in [2.24, 2.45) is 0 Å². The van der Waals surface area contributed by atoms with E-state index in [1.165, 1.54) is 6.07 Å². The Morgan fingerprint density at radius 1 is 1.16 bits per heavy atom. The van der Waals surface area contributed by atoms with Crippen molar-refractivity contribution in [1.29, 1.82) is 0 Å². The highest BCUT2D eigenvalue weighted by atomic mass is 35.5. The van der Waals surface area contributed by atoms with Gasteiger partial charge in [0.25, 0.3) is 5.91 Å². The molecule has 25 heavy (non-hydrogen) atoms. The van der Waals surface area contributed by atoms with Crippen molar-refractivity contribution in [2.45, 2.75) is 25.1 Å². The average Bonchev–Trinajstić information content (AvgIpc) is 2.60. The number of rotatable bonds is 2. The molecule has 2 aromatic carbocycles. The molecule has 1 saturated heterocycles. The van der Waals surface area contributed by atoms with Gasteiger partial charge in [0, 0.05) is 43.1 Å². The number of amides is 1.